The number of imidazole rings is 1. The fourth-order valence-corrected chi connectivity index (χ4v) is 4.78. The summed E-state index contributed by atoms with van der Waals surface area (Å²) in [5, 5.41) is 0.169. The Morgan fingerprint density at radius 2 is 2.00 bits per heavy atom. The highest BCUT2D eigenvalue weighted by Crippen LogP contribution is 2.34. The largest absolute Gasteiger partial charge is 0.338 e. The maximum absolute atomic E-state index is 13.5. The van der Waals surface area contributed by atoms with Gasteiger partial charge in [-0.2, -0.15) is 8.78 Å². The van der Waals surface area contributed by atoms with Gasteiger partial charge in [0.2, 0.25) is 5.91 Å². The highest BCUT2D eigenvalue weighted by molar-refractivity contribution is 7.99. The Hall–Kier alpha value is -2.41. The SMILES string of the molecule is CN(C(=O)CSc1nc2ccccc2n1C(F)F)[C@@H]1CCCc2ccccc21. The lowest BCUT2D eigenvalue weighted by atomic mass is 9.87. The van der Waals surface area contributed by atoms with Gasteiger partial charge in [0.1, 0.15) is 0 Å². The van der Waals surface area contributed by atoms with Crippen molar-refractivity contribution >= 4 is 28.7 Å². The highest BCUT2D eigenvalue weighted by Gasteiger charge is 2.27. The van der Waals surface area contributed by atoms with Gasteiger partial charge in [-0.15, -0.1) is 0 Å². The third-order valence-electron chi connectivity index (χ3n) is 5.28. The number of hydrogen-bond donors (Lipinski definition) is 0. The number of benzene rings is 2. The number of amides is 1. The van der Waals surface area contributed by atoms with Gasteiger partial charge in [-0.3, -0.25) is 9.36 Å². The molecule has 3 aromatic rings. The second kappa shape index (κ2) is 7.91. The number of aryl methyl sites for hydroxylation is 1. The quantitative estimate of drug-likeness (QED) is 0.561. The lowest BCUT2D eigenvalue weighted by molar-refractivity contribution is -0.129. The second-order valence-electron chi connectivity index (χ2n) is 6.93. The van der Waals surface area contributed by atoms with E-state index in [1.54, 1.807) is 36.2 Å². The summed E-state index contributed by atoms with van der Waals surface area (Å²) in [4.78, 5) is 18.8. The first kappa shape index (κ1) is 18.9. The average molecular weight is 401 g/mol. The lowest BCUT2D eigenvalue weighted by Gasteiger charge is -2.33. The first-order chi connectivity index (χ1) is 13.6. The van der Waals surface area contributed by atoms with Gasteiger partial charge in [0.05, 0.1) is 22.8 Å². The zero-order valence-electron chi connectivity index (χ0n) is 15.5. The summed E-state index contributed by atoms with van der Waals surface area (Å²) < 4.78 is 28.0. The molecule has 0 bridgehead atoms. The number of thioether (sulfide) groups is 1. The molecule has 1 amide bonds. The number of para-hydroxylation sites is 2. The Kier molecular flexibility index (Phi) is 5.35. The molecule has 0 saturated carbocycles. The molecule has 1 aliphatic carbocycles. The van der Waals surface area contributed by atoms with Crippen LogP contribution >= 0.6 is 11.8 Å². The Morgan fingerprint density at radius 3 is 2.82 bits per heavy atom. The Balaban J connectivity index is 1.51. The molecule has 1 heterocycles. The van der Waals surface area contributed by atoms with Gasteiger partial charge in [-0.1, -0.05) is 48.2 Å². The monoisotopic (exact) mass is 401 g/mol. The molecule has 0 unspecified atom stereocenters. The smallest absolute Gasteiger partial charge is 0.321 e. The average Bonchev–Trinajstić information content (AvgIpc) is 3.09. The number of hydrogen-bond acceptors (Lipinski definition) is 3. The van der Waals surface area contributed by atoms with E-state index in [2.05, 4.69) is 17.1 Å². The molecule has 0 aliphatic heterocycles. The minimum atomic E-state index is -2.70. The van der Waals surface area contributed by atoms with E-state index in [1.165, 1.54) is 11.1 Å². The predicted octanol–water partition coefficient (Wildman–Crippen LogP) is 5.06. The standard InChI is InChI=1S/C21H21F2N3OS/c1-25(17-12-6-8-14-7-2-3-9-15(14)17)19(27)13-28-21-24-16-10-4-5-11-18(16)26(21)20(22)23/h2-5,7,9-11,17,20H,6,8,12-13H2,1H3/t17-/m1/s1. The fourth-order valence-electron chi connectivity index (χ4n) is 3.85. The Labute approximate surface area is 166 Å². The van der Waals surface area contributed by atoms with Crippen molar-refractivity contribution in [1.29, 1.82) is 0 Å². The van der Waals surface area contributed by atoms with E-state index in [0.717, 1.165) is 35.6 Å². The molecule has 1 aliphatic rings. The van der Waals surface area contributed by atoms with Crippen LogP contribution in [-0.2, 0) is 11.2 Å². The van der Waals surface area contributed by atoms with Gasteiger partial charge < -0.3 is 4.90 Å². The molecule has 1 aromatic heterocycles. The van der Waals surface area contributed by atoms with Crippen LogP contribution in [0.1, 0.15) is 36.6 Å². The lowest BCUT2D eigenvalue weighted by Crippen LogP contribution is -2.34. The molecule has 0 radical (unpaired) electrons. The molecule has 0 spiro atoms. The predicted molar refractivity (Wildman–Crippen MR) is 107 cm³/mol. The van der Waals surface area contributed by atoms with Crippen molar-refractivity contribution in [2.24, 2.45) is 0 Å². The maximum atomic E-state index is 13.5. The van der Waals surface area contributed by atoms with Crippen LogP contribution in [0.4, 0.5) is 8.78 Å². The van der Waals surface area contributed by atoms with Crippen LogP contribution < -0.4 is 0 Å². The molecule has 146 valence electrons. The van der Waals surface area contributed by atoms with Gasteiger partial charge in [0.15, 0.2) is 5.16 Å². The minimum absolute atomic E-state index is 0.0342. The van der Waals surface area contributed by atoms with Crippen molar-refractivity contribution in [3.8, 4) is 0 Å². The van der Waals surface area contributed by atoms with Crippen LogP contribution in [0.25, 0.3) is 11.0 Å². The van der Waals surface area contributed by atoms with Gasteiger partial charge in [-0.25, -0.2) is 4.98 Å². The molecular weight excluding hydrogens is 380 g/mol. The summed E-state index contributed by atoms with van der Waals surface area (Å²) in [5.74, 6) is -0.00911. The summed E-state index contributed by atoms with van der Waals surface area (Å²) in [6, 6.07) is 15.0. The van der Waals surface area contributed by atoms with E-state index in [-0.39, 0.29) is 22.9 Å². The van der Waals surface area contributed by atoms with Crippen molar-refractivity contribution in [2.75, 3.05) is 12.8 Å². The van der Waals surface area contributed by atoms with Gasteiger partial charge >= 0.3 is 6.55 Å². The van der Waals surface area contributed by atoms with Gasteiger partial charge in [-0.05, 0) is 42.5 Å². The summed E-state index contributed by atoms with van der Waals surface area (Å²) in [7, 11) is 1.80. The van der Waals surface area contributed by atoms with Crippen molar-refractivity contribution in [2.45, 2.75) is 37.0 Å². The minimum Gasteiger partial charge on any atom is -0.338 e. The summed E-state index contributed by atoms with van der Waals surface area (Å²) in [6.45, 7) is -2.70. The third kappa shape index (κ3) is 3.51. The van der Waals surface area contributed by atoms with Gasteiger partial charge in [0.25, 0.3) is 0 Å². The van der Waals surface area contributed by atoms with Crippen LogP contribution in [0.15, 0.2) is 53.7 Å². The van der Waals surface area contributed by atoms with Crippen molar-refractivity contribution in [3.05, 3.63) is 59.7 Å². The van der Waals surface area contributed by atoms with Gasteiger partial charge in [0, 0.05) is 7.05 Å². The number of halogens is 2. The topological polar surface area (TPSA) is 38.1 Å². The number of carbonyl (C=O) groups excluding carboxylic acids is 1. The summed E-state index contributed by atoms with van der Waals surface area (Å²) in [6.07, 6.45) is 2.98. The van der Waals surface area contributed by atoms with E-state index in [1.807, 2.05) is 12.1 Å². The number of aromatic nitrogens is 2. The molecule has 2 aromatic carbocycles. The molecule has 7 heteroatoms. The molecule has 0 fully saturated rings. The van der Waals surface area contributed by atoms with Crippen LogP contribution in [0, 0.1) is 0 Å². The third-order valence-corrected chi connectivity index (χ3v) is 6.22. The zero-order valence-corrected chi connectivity index (χ0v) is 16.3. The van der Waals surface area contributed by atoms with Crippen LogP contribution in [-0.4, -0.2) is 33.2 Å². The van der Waals surface area contributed by atoms with E-state index < -0.39 is 6.55 Å². The van der Waals surface area contributed by atoms with Crippen LogP contribution in [0.2, 0.25) is 0 Å². The molecule has 28 heavy (non-hydrogen) atoms. The van der Waals surface area contributed by atoms with E-state index >= 15 is 0 Å². The zero-order chi connectivity index (χ0) is 19.7. The molecule has 0 N–H and O–H groups in total. The number of rotatable bonds is 5. The summed E-state index contributed by atoms with van der Waals surface area (Å²) >= 11 is 1.06. The Bertz CT molecular complexity index is 1000. The first-order valence-electron chi connectivity index (χ1n) is 9.27. The van der Waals surface area contributed by atoms with Crippen molar-refractivity contribution in [1.82, 2.24) is 14.5 Å². The van der Waals surface area contributed by atoms with E-state index in [4.69, 9.17) is 0 Å². The molecule has 0 saturated heterocycles. The highest BCUT2D eigenvalue weighted by atomic mass is 32.2. The first-order valence-corrected chi connectivity index (χ1v) is 10.3. The molecule has 4 nitrogen and oxygen atoms in total. The number of fused-ring (bicyclic) bond motifs is 2. The summed E-state index contributed by atoms with van der Waals surface area (Å²) in [5.41, 5.74) is 3.36. The second-order valence-corrected chi connectivity index (χ2v) is 7.87. The Morgan fingerprint density at radius 1 is 1.25 bits per heavy atom. The number of nitrogens with zero attached hydrogens (tertiary/aromatic N) is 3. The fraction of sp³-hybridized carbons (Fsp3) is 0.333. The van der Waals surface area contributed by atoms with Crippen LogP contribution in [0.3, 0.4) is 0 Å². The molecular formula is C21H21F2N3OS. The number of alkyl halides is 2. The maximum Gasteiger partial charge on any atom is 0.321 e. The molecule has 4 rings (SSSR count). The normalized spacial score (nSPS) is 16.4. The van der Waals surface area contributed by atoms with Crippen molar-refractivity contribution in [3.63, 3.8) is 0 Å². The molecule has 1 atom stereocenters. The van der Waals surface area contributed by atoms with Crippen molar-refractivity contribution < 1.29 is 13.6 Å². The van der Waals surface area contributed by atoms with E-state index in [0.29, 0.717) is 11.0 Å². The van der Waals surface area contributed by atoms with Crippen LogP contribution in [0.5, 0.6) is 0 Å². The number of carbonyl (C=O) groups is 1. The van der Waals surface area contributed by atoms with E-state index in [9.17, 15) is 13.6 Å².